The van der Waals surface area contributed by atoms with Gasteiger partial charge in [0.1, 0.15) is 34.6 Å². The molecule has 87 heavy (non-hydrogen) atoms. The molecule has 4 aliphatic heterocycles. The fourth-order valence-corrected chi connectivity index (χ4v) is 13.6. The van der Waals surface area contributed by atoms with Gasteiger partial charge in [0.05, 0.1) is 11.4 Å². The van der Waals surface area contributed by atoms with Crippen LogP contribution in [0.15, 0.2) is 315 Å². The van der Waals surface area contributed by atoms with Crippen molar-refractivity contribution >= 4 is 132 Å². The van der Waals surface area contributed by atoms with Crippen LogP contribution in [-0.2, 0) is 0 Å². The van der Waals surface area contributed by atoms with Gasteiger partial charge in [-0.3, -0.25) is 9.80 Å². The molecule has 0 amide bonds. The number of rotatable bonds is 11. The quantitative estimate of drug-likeness (QED) is 0.119. The summed E-state index contributed by atoms with van der Waals surface area (Å²) < 4.78 is 14.8. The number of aromatic nitrogens is 1. The molecular weight excluding hydrogens is 1060 g/mol. The molecule has 8 nitrogen and oxygen atoms in total. The van der Waals surface area contributed by atoms with Crippen molar-refractivity contribution in [1.82, 2.24) is 4.98 Å². The van der Waals surface area contributed by atoms with Crippen LogP contribution in [0.1, 0.15) is 0 Å². The molecule has 408 valence electrons. The maximum Gasteiger partial charge on any atom is 0.258 e. The molecule has 0 bridgehead atoms. The fraction of sp³-hybridized carbons (Fsp3) is 0. The van der Waals surface area contributed by atoms with Crippen LogP contribution in [-0.4, -0.2) is 18.4 Å². The highest BCUT2D eigenvalue weighted by molar-refractivity contribution is 7.02. The van der Waals surface area contributed by atoms with Gasteiger partial charge < -0.3 is 24.2 Å². The van der Waals surface area contributed by atoms with Crippen molar-refractivity contribution in [2.75, 3.05) is 24.5 Å². The summed E-state index contributed by atoms with van der Waals surface area (Å²) in [6.07, 6.45) is 0. The van der Waals surface area contributed by atoms with Gasteiger partial charge >= 0.3 is 0 Å². The fourth-order valence-electron chi connectivity index (χ4n) is 13.6. The number of ether oxygens (including phenoxy) is 2. The molecule has 0 saturated heterocycles. The van der Waals surface area contributed by atoms with Crippen molar-refractivity contribution in [2.24, 2.45) is 0 Å². The number of fused-ring (bicyclic) bond motifs is 8. The van der Waals surface area contributed by atoms with Crippen LogP contribution < -0.4 is 66.8 Å². The molecule has 5 heterocycles. The van der Waals surface area contributed by atoms with Crippen molar-refractivity contribution < 1.29 is 9.47 Å². The zero-order chi connectivity index (χ0) is 57.4. The number of hydrogen-bond donors (Lipinski definition) is 0. The zero-order valence-electron chi connectivity index (χ0n) is 47.2. The van der Waals surface area contributed by atoms with Crippen LogP contribution in [0.3, 0.4) is 0 Å². The van der Waals surface area contributed by atoms with Crippen molar-refractivity contribution in [3.8, 4) is 23.0 Å². The normalized spacial score (nSPS) is 12.7. The predicted molar refractivity (Wildman–Crippen MR) is 360 cm³/mol. The van der Waals surface area contributed by atoms with Crippen LogP contribution in [0.2, 0.25) is 0 Å². The molecule has 0 aliphatic carbocycles. The molecule has 0 saturated carbocycles. The summed E-state index contributed by atoms with van der Waals surface area (Å²) in [6, 6.07) is 112. The van der Waals surface area contributed by atoms with E-state index in [2.05, 4.69) is 340 Å². The van der Waals surface area contributed by atoms with E-state index in [0.717, 1.165) is 141 Å². The van der Waals surface area contributed by atoms with Crippen molar-refractivity contribution in [3.63, 3.8) is 0 Å². The molecule has 0 spiro atoms. The van der Waals surface area contributed by atoms with Gasteiger partial charge in [-0.2, -0.15) is 0 Å². The summed E-state index contributed by atoms with van der Waals surface area (Å²) in [5.41, 5.74) is 19.4. The predicted octanol–water partition coefficient (Wildman–Crippen LogP) is 16.3. The molecule has 10 heteroatoms. The first-order valence-corrected chi connectivity index (χ1v) is 29.6. The number of anilines is 15. The van der Waals surface area contributed by atoms with Crippen LogP contribution in [0.25, 0.3) is 0 Å². The van der Waals surface area contributed by atoms with Gasteiger partial charge in [0.15, 0.2) is 0 Å². The van der Waals surface area contributed by atoms with E-state index in [-0.39, 0.29) is 13.4 Å². The SMILES string of the molecule is c1ccc(N(c2ccccc2)c2ccc3c(c2)Oc2cc(N(c4ccccc4)c4ccccc4)cc4c2B3c2cc3c(nc2N4c2ccccc2)N(c2ccccc2)c2cc(N(c4ccccc4)c4ccccc4)cc4c2B3c2ccccc2O4)cc1. The molecular formula is C77H52B2N6O2. The summed E-state index contributed by atoms with van der Waals surface area (Å²) in [6.45, 7) is -0.568. The van der Waals surface area contributed by atoms with E-state index in [1.807, 2.05) is 0 Å². The summed E-state index contributed by atoms with van der Waals surface area (Å²) in [5, 5.41) is 0. The van der Waals surface area contributed by atoms with E-state index in [1.54, 1.807) is 0 Å². The van der Waals surface area contributed by atoms with Crippen LogP contribution in [0, 0.1) is 0 Å². The van der Waals surface area contributed by atoms with Crippen molar-refractivity contribution in [1.29, 1.82) is 0 Å². The van der Waals surface area contributed by atoms with Crippen molar-refractivity contribution in [2.45, 2.75) is 0 Å². The summed E-state index contributed by atoms with van der Waals surface area (Å²) in [5.74, 6) is 4.83. The van der Waals surface area contributed by atoms with E-state index in [1.165, 1.54) is 0 Å². The Hall–Kier alpha value is -11.5. The number of nitrogens with zero attached hydrogens (tertiary/aromatic N) is 6. The lowest BCUT2D eigenvalue weighted by atomic mass is 9.31. The molecule has 12 aromatic carbocycles. The molecule has 0 radical (unpaired) electrons. The minimum atomic E-state index is -0.313. The Bertz CT molecular complexity index is 4610. The maximum atomic E-state index is 7.56. The lowest BCUT2D eigenvalue weighted by Gasteiger charge is -2.44. The Morgan fingerprint density at radius 1 is 0.253 bits per heavy atom. The van der Waals surface area contributed by atoms with Crippen LogP contribution >= 0.6 is 0 Å². The first-order chi connectivity index (χ1) is 43.2. The van der Waals surface area contributed by atoms with E-state index >= 15 is 0 Å². The third-order valence-corrected chi connectivity index (χ3v) is 17.2. The lowest BCUT2D eigenvalue weighted by Crippen LogP contribution is -2.64. The highest BCUT2D eigenvalue weighted by atomic mass is 16.5. The molecule has 0 N–H and O–H groups in total. The Balaban J connectivity index is 0.955. The van der Waals surface area contributed by atoms with Gasteiger partial charge in [-0.15, -0.1) is 0 Å². The van der Waals surface area contributed by atoms with Crippen LogP contribution in [0.5, 0.6) is 23.0 Å². The standard InChI is InChI=1S/C77H52B2N6O2/c1-9-27-53(28-10-1)81(54-29-11-2-12-30-54)61-45-46-65-71(49-61)87-73-51-63(83(57-35-17-5-18-36-57)58-37-19-6-20-38-58)48-69-75(73)79(65)67-52-66-76(80-77(67)85(69)60-41-23-8-24-42-60)84(59-39-21-7-22-40-59)68-47-62(50-72-74(68)78(66)64-43-25-26-44-70(64)86-72)82(55-31-13-3-14-32-55)56-33-15-4-16-34-56/h1-52H. The molecule has 13 aromatic rings. The molecule has 1 aromatic heterocycles. The highest BCUT2D eigenvalue weighted by Crippen LogP contribution is 2.50. The maximum absolute atomic E-state index is 7.56. The van der Waals surface area contributed by atoms with Gasteiger partial charge in [-0.25, -0.2) is 4.98 Å². The van der Waals surface area contributed by atoms with Crippen LogP contribution in [0.4, 0.5) is 85.6 Å². The summed E-state index contributed by atoms with van der Waals surface area (Å²) >= 11 is 0. The highest BCUT2D eigenvalue weighted by Gasteiger charge is 2.49. The summed E-state index contributed by atoms with van der Waals surface area (Å²) in [4.78, 5) is 18.0. The second-order valence-electron chi connectivity index (χ2n) is 22.3. The van der Waals surface area contributed by atoms with Gasteiger partial charge in [-0.1, -0.05) is 176 Å². The average Bonchev–Trinajstić information content (AvgIpc) is 0.759. The Labute approximate surface area is 506 Å². The number of hydrogen-bond acceptors (Lipinski definition) is 8. The zero-order valence-corrected chi connectivity index (χ0v) is 47.2. The first kappa shape index (κ1) is 50.1. The molecule has 0 unspecified atom stereocenters. The molecule has 4 aliphatic rings. The first-order valence-electron chi connectivity index (χ1n) is 29.6. The van der Waals surface area contributed by atoms with E-state index in [4.69, 9.17) is 14.5 Å². The van der Waals surface area contributed by atoms with E-state index in [0.29, 0.717) is 0 Å². The lowest BCUT2D eigenvalue weighted by molar-refractivity contribution is 0.487. The minimum Gasteiger partial charge on any atom is -0.458 e. The molecule has 17 rings (SSSR count). The Morgan fingerprint density at radius 2 is 0.575 bits per heavy atom. The summed E-state index contributed by atoms with van der Waals surface area (Å²) in [7, 11) is 0. The van der Waals surface area contributed by atoms with Crippen molar-refractivity contribution in [3.05, 3.63) is 315 Å². The van der Waals surface area contributed by atoms with Gasteiger partial charge in [0.2, 0.25) is 0 Å². The number of pyridine rings is 1. The minimum absolute atomic E-state index is 0.255. The number of para-hydroxylation sites is 9. The van der Waals surface area contributed by atoms with Gasteiger partial charge in [0.25, 0.3) is 13.4 Å². The van der Waals surface area contributed by atoms with Gasteiger partial charge in [-0.05, 0) is 154 Å². The Morgan fingerprint density at radius 3 is 0.977 bits per heavy atom. The van der Waals surface area contributed by atoms with E-state index in [9.17, 15) is 0 Å². The van der Waals surface area contributed by atoms with E-state index < -0.39 is 0 Å². The number of benzene rings is 12. The topological polar surface area (TPSA) is 47.6 Å². The second kappa shape index (κ2) is 20.7. The third-order valence-electron chi connectivity index (χ3n) is 17.2. The monoisotopic (exact) mass is 1110 g/mol. The Kier molecular flexibility index (Phi) is 11.9. The molecule has 0 atom stereocenters. The van der Waals surface area contributed by atoms with Gasteiger partial charge in [0, 0.05) is 80.8 Å². The molecule has 0 fully saturated rings. The average molecular weight is 1110 g/mol. The smallest absolute Gasteiger partial charge is 0.258 e. The largest absolute Gasteiger partial charge is 0.458 e. The third kappa shape index (κ3) is 8.36. The second-order valence-corrected chi connectivity index (χ2v) is 22.3.